The van der Waals surface area contributed by atoms with Gasteiger partial charge in [0.2, 0.25) is 0 Å². The zero-order chi connectivity index (χ0) is 18.4. The molecule has 0 heterocycles. The number of ketones is 1. The van der Waals surface area contributed by atoms with Crippen LogP contribution in [0, 0.1) is 0 Å². The molecule has 0 N–H and O–H groups in total. The van der Waals surface area contributed by atoms with Crippen LogP contribution in [0.15, 0.2) is 95.1 Å². The van der Waals surface area contributed by atoms with Crippen molar-refractivity contribution >= 4 is 17.9 Å². The normalized spacial score (nSPS) is 18.8. The second-order valence-corrected chi connectivity index (χ2v) is 6.77. The SMILES string of the molecule is CC(=Cc1ccccc1)C=C1CCC(=CC(C)=Cc2ccccc2)C1=O. The predicted octanol–water partition coefficient (Wildman–Crippen LogP) is 6.41. The standard InChI is InChI=1S/C25H24O/c1-19(15-21-9-5-3-6-10-21)17-23-13-14-24(25(23)26)18-20(2)16-22-11-7-4-8-12-22/h3-12,15-18H,13-14H2,1-2H3. The Labute approximate surface area is 156 Å². The molecular formula is C25H24O. The molecule has 1 aliphatic carbocycles. The minimum Gasteiger partial charge on any atom is -0.289 e. The molecule has 1 heteroatoms. The van der Waals surface area contributed by atoms with Crippen molar-refractivity contribution in [2.45, 2.75) is 26.7 Å². The Morgan fingerprint density at radius 3 is 1.46 bits per heavy atom. The molecule has 26 heavy (non-hydrogen) atoms. The van der Waals surface area contributed by atoms with Crippen molar-refractivity contribution in [1.82, 2.24) is 0 Å². The third kappa shape index (κ3) is 4.80. The third-order valence-corrected chi connectivity index (χ3v) is 4.44. The minimum atomic E-state index is 0.187. The Bertz CT molecular complexity index is 818. The fourth-order valence-electron chi connectivity index (χ4n) is 3.24. The molecule has 0 atom stereocenters. The Balaban J connectivity index is 1.75. The fraction of sp³-hybridized carbons (Fsp3) is 0.160. The van der Waals surface area contributed by atoms with Gasteiger partial charge >= 0.3 is 0 Å². The van der Waals surface area contributed by atoms with Gasteiger partial charge in [0.05, 0.1) is 0 Å². The van der Waals surface area contributed by atoms with Gasteiger partial charge in [0.25, 0.3) is 0 Å². The first-order valence-electron chi connectivity index (χ1n) is 9.04. The van der Waals surface area contributed by atoms with Crippen LogP contribution in [0.3, 0.4) is 0 Å². The monoisotopic (exact) mass is 340 g/mol. The number of allylic oxidation sites excluding steroid dienone is 6. The summed E-state index contributed by atoms with van der Waals surface area (Å²) in [6, 6.07) is 20.4. The quantitative estimate of drug-likeness (QED) is 0.588. The molecule has 3 rings (SSSR count). The van der Waals surface area contributed by atoms with Crippen LogP contribution in [0.25, 0.3) is 12.2 Å². The van der Waals surface area contributed by atoms with Gasteiger partial charge in [-0.1, -0.05) is 96.1 Å². The van der Waals surface area contributed by atoms with E-state index in [1.54, 1.807) is 0 Å². The van der Waals surface area contributed by atoms with E-state index in [1.165, 1.54) is 0 Å². The van der Waals surface area contributed by atoms with Crippen LogP contribution >= 0.6 is 0 Å². The van der Waals surface area contributed by atoms with Crippen molar-refractivity contribution < 1.29 is 4.79 Å². The van der Waals surface area contributed by atoms with E-state index in [0.717, 1.165) is 46.3 Å². The Morgan fingerprint density at radius 1 is 0.692 bits per heavy atom. The lowest BCUT2D eigenvalue weighted by atomic mass is 10.1. The van der Waals surface area contributed by atoms with Crippen molar-refractivity contribution in [1.29, 1.82) is 0 Å². The van der Waals surface area contributed by atoms with E-state index in [4.69, 9.17) is 0 Å². The first-order valence-corrected chi connectivity index (χ1v) is 9.04. The summed E-state index contributed by atoms with van der Waals surface area (Å²) in [7, 11) is 0. The van der Waals surface area contributed by atoms with Gasteiger partial charge in [-0.25, -0.2) is 0 Å². The molecule has 130 valence electrons. The van der Waals surface area contributed by atoms with Crippen LogP contribution in [0.1, 0.15) is 37.8 Å². The Morgan fingerprint density at radius 2 is 1.08 bits per heavy atom. The molecule has 0 amide bonds. The van der Waals surface area contributed by atoms with E-state index in [9.17, 15) is 4.79 Å². The van der Waals surface area contributed by atoms with Crippen molar-refractivity contribution in [3.8, 4) is 0 Å². The summed E-state index contributed by atoms with van der Waals surface area (Å²) in [5, 5.41) is 0. The maximum absolute atomic E-state index is 12.7. The molecule has 0 saturated heterocycles. The van der Waals surface area contributed by atoms with Gasteiger partial charge in [-0.3, -0.25) is 4.79 Å². The highest BCUT2D eigenvalue weighted by atomic mass is 16.1. The highest BCUT2D eigenvalue weighted by Gasteiger charge is 2.22. The van der Waals surface area contributed by atoms with Crippen molar-refractivity contribution in [2.24, 2.45) is 0 Å². The van der Waals surface area contributed by atoms with Crippen LogP contribution in [0.4, 0.5) is 0 Å². The summed E-state index contributed by atoms with van der Waals surface area (Å²) in [4.78, 5) is 12.7. The van der Waals surface area contributed by atoms with Gasteiger partial charge in [0.15, 0.2) is 5.78 Å². The summed E-state index contributed by atoms with van der Waals surface area (Å²) in [6.07, 6.45) is 9.94. The molecule has 0 radical (unpaired) electrons. The summed E-state index contributed by atoms with van der Waals surface area (Å²) in [5.74, 6) is 0.187. The largest absolute Gasteiger partial charge is 0.289 e. The molecule has 0 spiro atoms. The second kappa shape index (κ2) is 8.44. The topological polar surface area (TPSA) is 17.1 Å². The first kappa shape index (κ1) is 17.9. The predicted molar refractivity (Wildman–Crippen MR) is 111 cm³/mol. The van der Waals surface area contributed by atoms with E-state index in [-0.39, 0.29) is 5.78 Å². The maximum atomic E-state index is 12.7. The summed E-state index contributed by atoms with van der Waals surface area (Å²) >= 11 is 0. The molecule has 2 aromatic carbocycles. The average Bonchev–Trinajstić information content (AvgIpc) is 2.96. The molecule has 0 bridgehead atoms. The lowest BCUT2D eigenvalue weighted by Crippen LogP contribution is -1.96. The summed E-state index contributed by atoms with van der Waals surface area (Å²) < 4.78 is 0. The van der Waals surface area contributed by atoms with Crippen LogP contribution in [-0.2, 0) is 4.79 Å². The molecule has 1 saturated carbocycles. The lowest BCUT2D eigenvalue weighted by molar-refractivity contribution is -0.111. The van der Waals surface area contributed by atoms with E-state index < -0.39 is 0 Å². The van der Waals surface area contributed by atoms with Crippen LogP contribution < -0.4 is 0 Å². The molecule has 1 fully saturated rings. The number of rotatable bonds is 4. The summed E-state index contributed by atoms with van der Waals surface area (Å²) in [6.45, 7) is 4.10. The first-order chi connectivity index (χ1) is 12.6. The Kier molecular flexibility index (Phi) is 5.80. The van der Waals surface area contributed by atoms with Gasteiger partial charge in [-0.15, -0.1) is 0 Å². The number of carbonyl (C=O) groups excluding carboxylic acids is 1. The van der Waals surface area contributed by atoms with Crippen molar-refractivity contribution in [3.63, 3.8) is 0 Å². The molecule has 0 unspecified atom stereocenters. The van der Waals surface area contributed by atoms with E-state index in [2.05, 4.69) is 50.3 Å². The number of carbonyl (C=O) groups is 1. The van der Waals surface area contributed by atoms with Gasteiger partial charge in [-0.2, -0.15) is 0 Å². The fourth-order valence-corrected chi connectivity index (χ4v) is 3.24. The summed E-state index contributed by atoms with van der Waals surface area (Å²) in [5.41, 5.74) is 6.35. The van der Waals surface area contributed by atoms with Crippen LogP contribution in [0.2, 0.25) is 0 Å². The lowest BCUT2D eigenvalue weighted by Gasteiger charge is -1.99. The van der Waals surface area contributed by atoms with Gasteiger partial charge in [-0.05, 0) is 37.8 Å². The highest BCUT2D eigenvalue weighted by Crippen LogP contribution is 2.28. The third-order valence-electron chi connectivity index (χ3n) is 4.44. The van der Waals surface area contributed by atoms with Crippen molar-refractivity contribution in [3.05, 3.63) is 106 Å². The van der Waals surface area contributed by atoms with Crippen LogP contribution in [-0.4, -0.2) is 5.78 Å². The zero-order valence-electron chi connectivity index (χ0n) is 15.4. The average molecular weight is 340 g/mol. The van der Waals surface area contributed by atoms with E-state index in [0.29, 0.717) is 0 Å². The van der Waals surface area contributed by atoms with Gasteiger partial charge in [0.1, 0.15) is 0 Å². The molecule has 0 aromatic heterocycles. The number of benzene rings is 2. The van der Waals surface area contributed by atoms with Gasteiger partial charge in [0, 0.05) is 11.1 Å². The highest BCUT2D eigenvalue weighted by molar-refractivity contribution is 6.11. The molecule has 2 aromatic rings. The number of hydrogen-bond donors (Lipinski definition) is 0. The smallest absolute Gasteiger partial charge is 0.185 e. The molecule has 1 nitrogen and oxygen atoms in total. The van der Waals surface area contributed by atoms with Crippen molar-refractivity contribution in [2.75, 3.05) is 0 Å². The number of hydrogen-bond acceptors (Lipinski definition) is 1. The van der Waals surface area contributed by atoms with E-state index >= 15 is 0 Å². The second-order valence-electron chi connectivity index (χ2n) is 6.77. The van der Waals surface area contributed by atoms with Crippen LogP contribution in [0.5, 0.6) is 0 Å². The molecule has 1 aliphatic rings. The Hall–Kier alpha value is -2.93. The van der Waals surface area contributed by atoms with Gasteiger partial charge < -0.3 is 0 Å². The number of Topliss-reactive ketones (excluding diaryl/α,β-unsaturated/α-hetero) is 1. The zero-order valence-corrected chi connectivity index (χ0v) is 15.4. The van der Waals surface area contributed by atoms with E-state index in [1.807, 2.05) is 48.6 Å². The molecule has 0 aliphatic heterocycles. The maximum Gasteiger partial charge on any atom is 0.185 e. The minimum absolute atomic E-state index is 0.187. The molecular weight excluding hydrogens is 316 g/mol.